The van der Waals surface area contributed by atoms with Gasteiger partial charge in [-0.05, 0) is 30.7 Å². The topological polar surface area (TPSA) is 46.5 Å². The summed E-state index contributed by atoms with van der Waals surface area (Å²) in [7, 11) is 0. The maximum atomic E-state index is 10.7. The minimum atomic E-state index is -0.958. The molecule has 0 radical (unpaired) electrons. The first kappa shape index (κ1) is 12.0. The predicted octanol–water partition coefficient (Wildman–Crippen LogP) is 2.90. The number of hydrogen-bond donors (Lipinski definition) is 1. The van der Waals surface area contributed by atoms with Crippen molar-refractivity contribution < 1.29 is 14.6 Å². The van der Waals surface area contributed by atoms with Gasteiger partial charge >= 0.3 is 5.97 Å². The van der Waals surface area contributed by atoms with Crippen LogP contribution in [0.15, 0.2) is 48.6 Å². The van der Waals surface area contributed by atoms with Gasteiger partial charge in [-0.3, -0.25) is 0 Å². The van der Waals surface area contributed by atoms with Crippen LogP contribution in [0.1, 0.15) is 17.3 Å². The Kier molecular flexibility index (Phi) is 4.33. The first-order chi connectivity index (χ1) is 7.67. The molecule has 0 bridgehead atoms. The van der Waals surface area contributed by atoms with E-state index in [-0.39, 0.29) is 5.56 Å². The largest absolute Gasteiger partial charge is 0.489 e. The monoisotopic (exact) mass is 218 g/mol. The molecule has 1 rings (SSSR count). The van der Waals surface area contributed by atoms with Crippen LogP contribution in [0.4, 0.5) is 0 Å². The van der Waals surface area contributed by atoms with E-state index in [9.17, 15) is 4.79 Å². The standard InChI is InChI=1S/C13H14O3/c1-3-10(4-2)9-16-12-7-5-6-11(8-12)13(14)15/h3-8H,1,9H2,2H3,(H,14,15)/b10-4+. The highest BCUT2D eigenvalue weighted by atomic mass is 16.5. The molecule has 3 heteroatoms. The molecule has 0 aliphatic heterocycles. The SMILES string of the molecule is C=C/C(=C\C)COc1cccc(C(=O)O)c1. The number of allylic oxidation sites excluding steroid dienone is 1. The summed E-state index contributed by atoms with van der Waals surface area (Å²) in [5.41, 5.74) is 1.18. The number of hydrogen-bond acceptors (Lipinski definition) is 2. The van der Waals surface area contributed by atoms with E-state index in [4.69, 9.17) is 9.84 Å². The van der Waals surface area contributed by atoms with Gasteiger partial charge in [0.1, 0.15) is 12.4 Å². The summed E-state index contributed by atoms with van der Waals surface area (Å²) in [4.78, 5) is 10.7. The Morgan fingerprint density at radius 2 is 2.31 bits per heavy atom. The molecule has 16 heavy (non-hydrogen) atoms. The van der Waals surface area contributed by atoms with Gasteiger partial charge < -0.3 is 9.84 Å². The maximum Gasteiger partial charge on any atom is 0.335 e. The lowest BCUT2D eigenvalue weighted by Crippen LogP contribution is -2.01. The smallest absolute Gasteiger partial charge is 0.335 e. The van der Waals surface area contributed by atoms with Crippen LogP contribution in [-0.4, -0.2) is 17.7 Å². The lowest BCUT2D eigenvalue weighted by atomic mass is 10.2. The van der Waals surface area contributed by atoms with Gasteiger partial charge in [0, 0.05) is 0 Å². The van der Waals surface area contributed by atoms with Gasteiger partial charge in [0.05, 0.1) is 5.56 Å². The van der Waals surface area contributed by atoms with E-state index >= 15 is 0 Å². The van der Waals surface area contributed by atoms with Crippen molar-refractivity contribution in [3.63, 3.8) is 0 Å². The molecule has 0 saturated carbocycles. The fourth-order valence-corrected chi connectivity index (χ4v) is 1.15. The lowest BCUT2D eigenvalue weighted by Gasteiger charge is -2.06. The van der Waals surface area contributed by atoms with Gasteiger partial charge in [-0.2, -0.15) is 0 Å². The number of rotatable bonds is 5. The molecule has 0 aromatic heterocycles. The quantitative estimate of drug-likeness (QED) is 0.773. The Labute approximate surface area is 94.7 Å². The van der Waals surface area contributed by atoms with Crippen molar-refractivity contribution in [3.8, 4) is 5.75 Å². The normalized spacial score (nSPS) is 10.9. The summed E-state index contributed by atoms with van der Waals surface area (Å²) in [5, 5.41) is 8.80. The molecular weight excluding hydrogens is 204 g/mol. The summed E-state index contributed by atoms with van der Waals surface area (Å²) >= 11 is 0. The van der Waals surface area contributed by atoms with Gasteiger partial charge in [-0.25, -0.2) is 4.79 Å². The summed E-state index contributed by atoms with van der Waals surface area (Å²) in [6.45, 7) is 5.94. The summed E-state index contributed by atoms with van der Waals surface area (Å²) in [5.74, 6) is -0.415. The Morgan fingerprint density at radius 1 is 1.56 bits per heavy atom. The van der Waals surface area contributed by atoms with Crippen LogP contribution in [0.3, 0.4) is 0 Å². The van der Waals surface area contributed by atoms with Crippen molar-refractivity contribution in [2.45, 2.75) is 6.92 Å². The zero-order chi connectivity index (χ0) is 12.0. The number of aromatic carboxylic acids is 1. The maximum absolute atomic E-state index is 10.7. The molecule has 3 nitrogen and oxygen atoms in total. The van der Waals surface area contributed by atoms with Crippen LogP contribution in [0.2, 0.25) is 0 Å². The highest BCUT2D eigenvalue weighted by Gasteiger charge is 2.03. The zero-order valence-corrected chi connectivity index (χ0v) is 9.14. The molecule has 1 aromatic rings. The van der Waals surface area contributed by atoms with E-state index in [1.807, 2.05) is 13.0 Å². The summed E-state index contributed by atoms with van der Waals surface area (Å²) < 4.78 is 5.44. The fraction of sp³-hybridized carbons (Fsp3) is 0.154. The van der Waals surface area contributed by atoms with Gasteiger partial charge in [0.2, 0.25) is 0 Å². The Morgan fingerprint density at radius 3 is 2.88 bits per heavy atom. The van der Waals surface area contributed by atoms with Crippen LogP contribution < -0.4 is 4.74 Å². The molecule has 1 aromatic carbocycles. The molecule has 0 aliphatic carbocycles. The molecule has 0 unspecified atom stereocenters. The number of carboxylic acids is 1. The van der Waals surface area contributed by atoms with E-state index < -0.39 is 5.97 Å². The first-order valence-electron chi connectivity index (χ1n) is 4.91. The summed E-state index contributed by atoms with van der Waals surface area (Å²) in [6.07, 6.45) is 3.61. The zero-order valence-electron chi connectivity index (χ0n) is 9.14. The molecule has 0 amide bonds. The van der Waals surface area contributed by atoms with E-state index in [1.165, 1.54) is 12.1 Å². The minimum Gasteiger partial charge on any atom is -0.489 e. The van der Waals surface area contributed by atoms with Crippen LogP contribution in [-0.2, 0) is 0 Å². The molecule has 1 N–H and O–H groups in total. The second-order valence-electron chi connectivity index (χ2n) is 3.19. The Hall–Kier alpha value is -2.03. The molecule has 0 saturated heterocycles. The van der Waals surface area contributed by atoms with E-state index in [0.29, 0.717) is 12.4 Å². The first-order valence-corrected chi connectivity index (χ1v) is 4.91. The van der Waals surface area contributed by atoms with Crippen molar-refractivity contribution in [1.29, 1.82) is 0 Å². The Balaban J connectivity index is 2.71. The van der Waals surface area contributed by atoms with Crippen LogP contribution in [0.5, 0.6) is 5.75 Å². The van der Waals surface area contributed by atoms with Crippen LogP contribution in [0.25, 0.3) is 0 Å². The summed E-state index contributed by atoms with van der Waals surface area (Å²) in [6, 6.07) is 6.41. The average Bonchev–Trinajstić information content (AvgIpc) is 2.31. The lowest BCUT2D eigenvalue weighted by molar-refractivity contribution is 0.0696. The molecule has 0 aliphatic rings. The second kappa shape index (κ2) is 5.75. The minimum absolute atomic E-state index is 0.220. The number of benzene rings is 1. The third kappa shape index (κ3) is 3.28. The predicted molar refractivity (Wildman–Crippen MR) is 62.9 cm³/mol. The molecular formula is C13H14O3. The van der Waals surface area contributed by atoms with Crippen molar-refractivity contribution in [2.75, 3.05) is 6.61 Å². The molecule has 0 spiro atoms. The average molecular weight is 218 g/mol. The number of ether oxygens (including phenoxy) is 1. The molecule has 84 valence electrons. The van der Waals surface area contributed by atoms with Gasteiger partial charge in [-0.15, -0.1) is 0 Å². The van der Waals surface area contributed by atoms with Crippen molar-refractivity contribution in [2.24, 2.45) is 0 Å². The van der Waals surface area contributed by atoms with Gasteiger partial charge in [0.15, 0.2) is 0 Å². The molecule has 0 heterocycles. The molecule has 0 fully saturated rings. The van der Waals surface area contributed by atoms with Crippen molar-refractivity contribution in [3.05, 3.63) is 54.1 Å². The number of carboxylic acid groups (broad SMARTS) is 1. The molecule has 0 atom stereocenters. The highest BCUT2D eigenvalue weighted by Crippen LogP contribution is 2.14. The van der Waals surface area contributed by atoms with Crippen molar-refractivity contribution in [1.82, 2.24) is 0 Å². The fourth-order valence-electron chi connectivity index (χ4n) is 1.15. The van der Waals surface area contributed by atoms with Gasteiger partial charge in [-0.1, -0.05) is 24.8 Å². The van der Waals surface area contributed by atoms with Crippen LogP contribution in [0, 0.1) is 0 Å². The van der Waals surface area contributed by atoms with Crippen molar-refractivity contribution >= 4 is 5.97 Å². The van der Waals surface area contributed by atoms with E-state index in [0.717, 1.165) is 5.57 Å². The third-order valence-electron chi connectivity index (χ3n) is 2.12. The van der Waals surface area contributed by atoms with Crippen LogP contribution >= 0.6 is 0 Å². The Bertz CT molecular complexity index is 419. The third-order valence-corrected chi connectivity index (χ3v) is 2.12. The van der Waals surface area contributed by atoms with E-state index in [2.05, 4.69) is 6.58 Å². The second-order valence-corrected chi connectivity index (χ2v) is 3.19. The van der Waals surface area contributed by atoms with Gasteiger partial charge in [0.25, 0.3) is 0 Å². The highest BCUT2D eigenvalue weighted by molar-refractivity contribution is 5.87. The number of carbonyl (C=O) groups is 1. The van der Waals surface area contributed by atoms with E-state index in [1.54, 1.807) is 18.2 Å².